The van der Waals surface area contributed by atoms with Crippen molar-refractivity contribution in [3.63, 3.8) is 0 Å². The number of nitro benzene ring substituents is 1. The van der Waals surface area contributed by atoms with E-state index in [1.165, 1.54) is 31.4 Å². The number of fused-ring (bicyclic) bond motifs is 5. The maximum absolute atomic E-state index is 12.4. The third kappa shape index (κ3) is 3.70. The lowest BCUT2D eigenvalue weighted by Crippen LogP contribution is -2.56. The summed E-state index contributed by atoms with van der Waals surface area (Å²) in [6.07, 6.45) is 9.37. The second kappa shape index (κ2) is 8.19. The quantitative estimate of drug-likeness (QED) is 0.335. The second-order valence-corrected chi connectivity index (χ2v) is 12.2. The van der Waals surface area contributed by atoms with Gasteiger partial charge in [0.1, 0.15) is 11.4 Å². The van der Waals surface area contributed by atoms with Gasteiger partial charge in [-0.25, -0.2) is 0 Å². The van der Waals surface area contributed by atoms with Crippen molar-refractivity contribution >= 4 is 11.5 Å². The molecule has 4 aliphatic carbocycles. The van der Waals surface area contributed by atoms with Crippen LogP contribution in [0, 0.1) is 62.4 Å². The number of carbonyl (C=O) groups is 1. The number of nitrogens with zero attached hydrogens (tertiary/aromatic N) is 1. The van der Waals surface area contributed by atoms with E-state index in [0.717, 1.165) is 25.7 Å². The number of non-ortho nitro benzene ring substituents is 1. The molecule has 4 saturated carbocycles. The fourth-order valence-corrected chi connectivity index (χ4v) is 8.88. The molecule has 0 saturated heterocycles. The first-order valence-corrected chi connectivity index (χ1v) is 13.1. The molecule has 0 radical (unpaired) electrons. The first-order valence-electron chi connectivity index (χ1n) is 13.1. The number of ketones is 1. The molecule has 0 spiro atoms. The van der Waals surface area contributed by atoms with E-state index in [0.29, 0.717) is 47.9 Å². The fourth-order valence-electron chi connectivity index (χ4n) is 8.88. The minimum absolute atomic E-state index is 0.0509. The molecule has 0 aliphatic heterocycles. The summed E-state index contributed by atoms with van der Waals surface area (Å²) < 4.78 is 0. The number of rotatable bonds is 2. The van der Waals surface area contributed by atoms with E-state index in [-0.39, 0.29) is 22.4 Å². The van der Waals surface area contributed by atoms with Crippen LogP contribution in [-0.4, -0.2) is 21.4 Å². The Morgan fingerprint density at radius 3 is 2.38 bits per heavy atom. The molecule has 4 aliphatic rings. The molecule has 0 amide bonds. The van der Waals surface area contributed by atoms with Crippen molar-refractivity contribution in [2.75, 3.05) is 0 Å². The van der Waals surface area contributed by atoms with Crippen LogP contribution in [0.2, 0.25) is 0 Å². The predicted octanol–water partition coefficient (Wildman–Crippen LogP) is 5.93. The van der Waals surface area contributed by atoms with Crippen molar-refractivity contribution in [1.29, 1.82) is 0 Å². The van der Waals surface area contributed by atoms with Crippen LogP contribution in [0.1, 0.15) is 84.1 Å². The summed E-state index contributed by atoms with van der Waals surface area (Å²) in [5.74, 6) is 9.38. The Morgan fingerprint density at radius 2 is 1.71 bits per heavy atom. The molecular formula is C29H37NO4. The topological polar surface area (TPSA) is 80.4 Å². The maximum atomic E-state index is 12.4. The molecule has 182 valence electrons. The zero-order valence-electron chi connectivity index (χ0n) is 20.7. The summed E-state index contributed by atoms with van der Waals surface area (Å²) in [6, 6.07) is 6.23. The molecule has 5 rings (SSSR count). The van der Waals surface area contributed by atoms with Crippen LogP contribution in [0.15, 0.2) is 24.3 Å². The van der Waals surface area contributed by atoms with Crippen molar-refractivity contribution in [3.05, 3.63) is 39.9 Å². The zero-order valence-corrected chi connectivity index (χ0v) is 20.7. The van der Waals surface area contributed by atoms with Gasteiger partial charge in [0, 0.05) is 23.6 Å². The standard InChI is InChI=1S/C29H37NO4/c1-19(31)24-10-11-25-23-9-6-21-18-29(32,15-12-20-4-7-22(8-5-20)30(33)34)17-16-27(21,2)26(23)13-14-28(24,25)3/h4-5,7-8,21,23-26,32H,6,9-11,13-14,16-18H2,1-3H3/t21-,23+,24-,25+,26+,27+,28-,29-/m1/s1. The Kier molecular flexibility index (Phi) is 5.67. The Hall–Kier alpha value is -2.19. The highest BCUT2D eigenvalue weighted by molar-refractivity contribution is 5.79. The molecule has 0 unspecified atom stereocenters. The van der Waals surface area contributed by atoms with E-state index < -0.39 is 10.5 Å². The molecule has 1 N–H and O–H groups in total. The largest absolute Gasteiger partial charge is 0.378 e. The molecule has 0 heterocycles. The van der Waals surface area contributed by atoms with Crippen molar-refractivity contribution < 1.29 is 14.8 Å². The van der Waals surface area contributed by atoms with E-state index in [9.17, 15) is 20.0 Å². The average molecular weight is 464 g/mol. The van der Waals surface area contributed by atoms with Crippen molar-refractivity contribution in [1.82, 2.24) is 0 Å². The molecule has 34 heavy (non-hydrogen) atoms. The van der Waals surface area contributed by atoms with Gasteiger partial charge >= 0.3 is 0 Å². The van der Waals surface area contributed by atoms with Gasteiger partial charge in [0.25, 0.3) is 5.69 Å². The van der Waals surface area contributed by atoms with Crippen LogP contribution in [0.25, 0.3) is 0 Å². The third-order valence-corrected chi connectivity index (χ3v) is 10.7. The van der Waals surface area contributed by atoms with E-state index >= 15 is 0 Å². The van der Waals surface area contributed by atoms with Gasteiger partial charge in [-0.1, -0.05) is 25.7 Å². The molecular weight excluding hydrogens is 426 g/mol. The summed E-state index contributed by atoms with van der Waals surface area (Å²) >= 11 is 0. The first kappa shape index (κ1) is 23.5. The van der Waals surface area contributed by atoms with Crippen LogP contribution < -0.4 is 0 Å². The third-order valence-electron chi connectivity index (χ3n) is 10.7. The molecule has 5 heteroatoms. The highest BCUT2D eigenvalue weighted by atomic mass is 16.6. The Morgan fingerprint density at radius 1 is 1.00 bits per heavy atom. The van der Waals surface area contributed by atoms with Crippen LogP contribution in [0.5, 0.6) is 0 Å². The highest BCUT2D eigenvalue weighted by Gasteiger charge is 2.61. The lowest BCUT2D eigenvalue weighted by atomic mass is 9.44. The van der Waals surface area contributed by atoms with Crippen LogP contribution in [0.4, 0.5) is 5.69 Å². The maximum Gasteiger partial charge on any atom is 0.269 e. The van der Waals surface area contributed by atoms with Gasteiger partial charge in [-0.15, -0.1) is 0 Å². The van der Waals surface area contributed by atoms with Gasteiger partial charge in [0.2, 0.25) is 0 Å². The number of carbonyl (C=O) groups excluding carboxylic acids is 1. The van der Waals surface area contributed by atoms with E-state index in [2.05, 4.69) is 25.7 Å². The van der Waals surface area contributed by atoms with Crippen LogP contribution in [-0.2, 0) is 4.79 Å². The normalized spacial score (nSPS) is 43.0. The second-order valence-electron chi connectivity index (χ2n) is 12.2. The van der Waals surface area contributed by atoms with Crippen LogP contribution >= 0.6 is 0 Å². The van der Waals surface area contributed by atoms with Gasteiger partial charge in [-0.2, -0.15) is 0 Å². The molecule has 5 nitrogen and oxygen atoms in total. The van der Waals surface area contributed by atoms with E-state index in [4.69, 9.17) is 0 Å². The summed E-state index contributed by atoms with van der Waals surface area (Å²) in [6.45, 7) is 6.66. The zero-order chi connectivity index (χ0) is 24.3. The molecule has 4 fully saturated rings. The predicted molar refractivity (Wildman–Crippen MR) is 131 cm³/mol. The van der Waals surface area contributed by atoms with Crippen molar-refractivity contribution in [2.24, 2.45) is 40.4 Å². The summed E-state index contributed by atoms with van der Waals surface area (Å²) in [7, 11) is 0. The number of benzene rings is 1. The molecule has 0 aromatic heterocycles. The van der Waals surface area contributed by atoms with Crippen molar-refractivity contribution in [3.8, 4) is 11.8 Å². The minimum atomic E-state index is -0.991. The lowest BCUT2D eigenvalue weighted by Gasteiger charge is -2.61. The summed E-state index contributed by atoms with van der Waals surface area (Å²) in [4.78, 5) is 22.8. The minimum Gasteiger partial charge on any atom is -0.378 e. The smallest absolute Gasteiger partial charge is 0.269 e. The molecule has 0 bridgehead atoms. The van der Waals surface area contributed by atoms with Crippen molar-refractivity contribution in [2.45, 2.75) is 84.2 Å². The van der Waals surface area contributed by atoms with Gasteiger partial charge in [-0.3, -0.25) is 14.9 Å². The summed E-state index contributed by atoms with van der Waals surface area (Å²) in [5, 5.41) is 22.3. The SMILES string of the molecule is CC(=O)[C@H]1CC[C@H]2[C@@H]3CC[C@@H]4C[C@@](O)(C#Cc5ccc([N+](=O)[O-])cc5)CC[C@]4(C)[C@H]3CC[C@]12C. The number of Topliss-reactive ketones (excluding diaryl/α,β-unsaturated/α-hetero) is 1. The summed E-state index contributed by atoms with van der Waals surface area (Å²) in [5.41, 5.74) is 0.176. The highest BCUT2D eigenvalue weighted by Crippen LogP contribution is 2.68. The molecule has 1 aromatic rings. The average Bonchev–Trinajstić information content (AvgIpc) is 3.16. The number of aliphatic hydroxyl groups is 1. The molecule has 1 aromatic carbocycles. The van der Waals surface area contributed by atoms with Gasteiger partial charge in [0.15, 0.2) is 0 Å². The van der Waals surface area contributed by atoms with E-state index in [1.54, 1.807) is 19.1 Å². The van der Waals surface area contributed by atoms with E-state index in [1.807, 2.05) is 0 Å². The van der Waals surface area contributed by atoms with Gasteiger partial charge < -0.3 is 5.11 Å². The first-order chi connectivity index (χ1) is 16.1. The Balaban J connectivity index is 1.32. The molecule has 8 atom stereocenters. The Bertz CT molecular complexity index is 1050. The lowest BCUT2D eigenvalue weighted by molar-refractivity contribution is -0.384. The fraction of sp³-hybridized carbons (Fsp3) is 0.690. The number of hydrogen-bond donors (Lipinski definition) is 1. The monoisotopic (exact) mass is 463 g/mol. The Labute approximate surface area is 202 Å². The van der Waals surface area contributed by atoms with Crippen LogP contribution in [0.3, 0.4) is 0 Å². The number of hydrogen-bond acceptors (Lipinski definition) is 4. The van der Waals surface area contributed by atoms with Gasteiger partial charge in [0.05, 0.1) is 4.92 Å². The number of nitro groups is 1. The van der Waals surface area contributed by atoms with Gasteiger partial charge in [-0.05, 0) is 111 Å².